The third-order valence-corrected chi connectivity index (χ3v) is 3.87. The Bertz CT molecular complexity index is 589. The van der Waals surface area contributed by atoms with Crippen LogP contribution in [0.25, 0.3) is 0 Å². The lowest BCUT2D eigenvalue weighted by molar-refractivity contribution is -0.140. The Balaban J connectivity index is 2.83. The summed E-state index contributed by atoms with van der Waals surface area (Å²) in [4.78, 5) is 37.3. The number of carbonyl (C=O) groups excluding carboxylic acids is 2. The Kier molecular flexibility index (Phi) is 8.07. The average Bonchev–Trinajstić information content (AvgIpc) is 2.56. The van der Waals surface area contributed by atoms with Crippen LogP contribution in [-0.2, 0) is 20.9 Å². The fraction of sp³-hybridized carbons (Fsp3) is 0.500. The third kappa shape index (κ3) is 6.54. The van der Waals surface area contributed by atoms with Crippen LogP contribution in [0, 0.1) is 5.92 Å². The number of carboxylic acid groups (broad SMARTS) is 1. The molecule has 138 valence electrons. The highest BCUT2D eigenvalue weighted by molar-refractivity contribution is 5.91. The van der Waals surface area contributed by atoms with E-state index in [0.29, 0.717) is 13.1 Å². The number of rotatable bonds is 9. The van der Waals surface area contributed by atoms with Crippen molar-refractivity contribution in [2.45, 2.75) is 45.8 Å². The topological polar surface area (TPSA) is 113 Å². The molecule has 0 saturated carbocycles. The summed E-state index contributed by atoms with van der Waals surface area (Å²) in [7, 11) is 0. The fourth-order valence-corrected chi connectivity index (χ4v) is 2.40. The van der Waals surface area contributed by atoms with E-state index in [1.54, 1.807) is 4.90 Å². The number of hydrogen-bond donors (Lipinski definition) is 3. The van der Waals surface area contributed by atoms with Gasteiger partial charge in [-0.15, -0.1) is 0 Å². The van der Waals surface area contributed by atoms with Crippen LogP contribution in [-0.4, -0.2) is 46.4 Å². The Hall–Kier alpha value is -2.41. The Labute approximate surface area is 148 Å². The van der Waals surface area contributed by atoms with Crippen molar-refractivity contribution < 1.29 is 19.5 Å². The van der Waals surface area contributed by atoms with Gasteiger partial charge in [-0.25, -0.2) is 0 Å². The molecule has 2 amide bonds. The number of nitrogens with zero attached hydrogens (tertiary/aromatic N) is 1. The van der Waals surface area contributed by atoms with Gasteiger partial charge in [0.25, 0.3) is 0 Å². The van der Waals surface area contributed by atoms with Gasteiger partial charge in [0.1, 0.15) is 6.04 Å². The second-order valence-corrected chi connectivity index (χ2v) is 6.27. The number of hydrogen-bond acceptors (Lipinski definition) is 4. The highest BCUT2D eigenvalue weighted by atomic mass is 16.4. The SMILES string of the molecule is CCN(Cc1ccccc1)C(=O)[C@H](NC(=O)[C@@H](N)CC(=O)O)C(C)C. The van der Waals surface area contributed by atoms with Gasteiger partial charge in [0.2, 0.25) is 11.8 Å². The zero-order valence-electron chi connectivity index (χ0n) is 14.9. The van der Waals surface area contributed by atoms with E-state index < -0.39 is 30.4 Å². The zero-order chi connectivity index (χ0) is 19.0. The molecule has 0 saturated heterocycles. The molecule has 0 heterocycles. The summed E-state index contributed by atoms with van der Waals surface area (Å²) in [6, 6.07) is 7.64. The van der Waals surface area contributed by atoms with Crippen LogP contribution in [0.4, 0.5) is 0 Å². The van der Waals surface area contributed by atoms with Gasteiger partial charge in [0.15, 0.2) is 0 Å². The van der Waals surface area contributed by atoms with Crippen LogP contribution in [0.3, 0.4) is 0 Å². The summed E-state index contributed by atoms with van der Waals surface area (Å²) in [5.41, 5.74) is 6.58. The van der Waals surface area contributed by atoms with Crippen LogP contribution in [0.1, 0.15) is 32.8 Å². The van der Waals surface area contributed by atoms with E-state index in [4.69, 9.17) is 10.8 Å². The summed E-state index contributed by atoms with van der Waals surface area (Å²) in [5, 5.41) is 11.3. The molecule has 1 aromatic rings. The molecule has 0 aliphatic heterocycles. The van der Waals surface area contributed by atoms with Crippen molar-refractivity contribution in [1.29, 1.82) is 0 Å². The molecule has 0 spiro atoms. The molecule has 0 fully saturated rings. The number of aliphatic carboxylic acids is 1. The van der Waals surface area contributed by atoms with E-state index in [1.807, 2.05) is 51.1 Å². The normalized spacial score (nSPS) is 13.2. The van der Waals surface area contributed by atoms with Crippen molar-refractivity contribution in [3.63, 3.8) is 0 Å². The zero-order valence-corrected chi connectivity index (χ0v) is 14.9. The molecule has 0 radical (unpaired) electrons. The molecule has 0 bridgehead atoms. The van der Waals surface area contributed by atoms with E-state index in [2.05, 4.69) is 5.32 Å². The van der Waals surface area contributed by atoms with Gasteiger partial charge in [0.05, 0.1) is 12.5 Å². The minimum Gasteiger partial charge on any atom is -0.481 e. The van der Waals surface area contributed by atoms with E-state index >= 15 is 0 Å². The molecule has 7 nitrogen and oxygen atoms in total. The summed E-state index contributed by atoms with van der Waals surface area (Å²) in [5.74, 6) is -2.16. The molecule has 25 heavy (non-hydrogen) atoms. The smallest absolute Gasteiger partial charge is 0.305 e. The Morgan fingerprint density at radius 3 is 2.28 bits per heavy atom. The number of nitrogens with one attached hydrogen (secondary N) is 1. The first kappa shape index (κ1) is 20.6. The van der Waals surface area contributed by atoms with Crippen LogP contribution in [0.15, 0.2) is 30.3 Å². The van der Waals surface area contributed by atoms with Crippen LogP contribution >= 0.6 is 0 Å². The lowest BCUT2D eigenvalue weighted by atomic mass is 10.0. The first-order chi connectivity index (χ1) is 11.8. The predicted octanol–water partition coefficient (Wildman–Crippen LogP) is 0.978. The minimum atomic E-state index is -1.18. The fourth-order valence-electron chi connectivity index (χ4n) is 2.40. The number of likely N-dealkylation sites (N-methyl/N-ethyl adjacent to an activating group) is 1. The van der Waals surface area contributed by atoms with Crippen LogP contribution in [0.2, 0.25) is 0 Å². The maximum absolute atomic E-state index is 12.9. The van der Waals surface area contributed by atoms with E-state index in [1.165, 1.54) is 0 Å². The van der Waals surface area contributed by atoms with Crippen molar-refractivity contribution in [2.75, 3.05) is 6.54 Å². The summed E-state index contributed by atoms with van der Waals surface area (Å²) in [6.45, 7) is 6.45. The van der Waals surface area contributed by atoms with Crippen molar-refractivity contribution >= 4 is 17.8 Å². The molecule has 7 heteroatoms. The molecular formula is C18H27N3O4. The lowest BCUT2D eigenvalue weighted by Crippen LogP contribution is -2.54. The molecule has 0 aliphatic carbocycles. The Morgan fingerprint density at radius 2 is 1.80 bits per heavy atom. The monoisotopic (exact) mass is 349 g/mol. The highest BCUT2D eigenvalue weighted by Gasteiger charge is 2.30. The molecule has 0 unspecified atom stereocenters. The number of carboxylic acids is 1. The van der Waals surface area contributed by atoms with Gasteiger partial charge in [-0.3, -0.25) is 14.4 Å². The molecular weight excluding hydrogens is 322 g/mol. The standard InChI is InChI=1S/C18H27N3O4/c1-4-21(11-13-8-6-5-7-9-13)18(25)16(12(2)3)20-17(24)14(19)10-15(22)23/h5-9,12,14,16H,4,10-11,19H2,1-3H3,(H,20,24)(H,22,23)/t14-,16+/m0/s1. The van der Waals surface area contributed by atoms with Crippen molar-refractivity contribution in [2.24, 2.45) is 11.7 Å². The van der Waals surface area contributed by atoms with Gasteiger partial charge in [-0.05, 0) is 18.4 Å². The van der Waals surface area contributed by atoms with Gasteiger partial charge >= 0.3 is 5.97 Å². The van der Waals surface area contributed by atoms with Crippen molar-refractivity contribution in [3.8, 4) is 0 Å². The summed E-state index contributed by atoms with van der Waals surface area (Å²) < 4.78 is 0. The highest BCUT2D eigenvalue weighted by Crippen LogP contribution is 2.11. The molecule has 1 aromatic carbocycles. The third-order valence-electron chi connectivity index (χ3n) is 3.87. The van der Waals surface area contributed by atoms with Gasteiger partial charge in [-0.2, -0.15) is 0 Å². The minimum absolute atomic E-state index is 0.154. The molecule has 2 atom stereocenters. The molecule has 0 aromatic heterocycles. The van der Waals surface area contributed by atoms with Gasteiger partial charge in [0, 0.05) is 13.1 Å². The van der Waals surface area contributed by atoms with Crippen molar-refractivity contribution in [1.82, 2.24) is 10.2 Å². The quantitative estimate of drug-likeness (QED) is 0.615. The average molecular weight is 349 g/mol. The number of benzene rings is 1. The largest absolute Gasteiger partial charge is 0.481 e. The molecule has 1 rings (SSSR count). The second-order valence-electron chi connectivity index (χ2n) is 6.27. The summed E-state index contributed by atoms with van der Waals surface area (Å²) >= 11 is 0. The maximum Gasteiger partial charge on any atom is 0.305 e. The molecule has 0 aliphatic rings. The van der Waals surface area contributed by atoms with Crippen molar-refractivity contribution in [3.05, 3.63) is 35.9 Å². The first-order valence-corrected chi connectivity index (χ1v) is 8.36. The number of nitrogens with two attached hydrogens (primary N) is 1. The number of amides is 2. The van der Waals surface area contributed by atoms with Crippen LogP contribution < -0.4 is 11.1 Å². The molecule has 4 N–H and O–H groups in total. The van der Waals surface area contributed by atoms with Crippen LogP contribution in [0.5, 0.6) is 0 Å². The number of carbonyl (C=O) groups is 3. The Morgan fingerprint density at radius 1 is 1.20 bits per heavy atom. The maximum atomic E-state index is 12.9. The van der Waals surface area contributed by atoms with E-state index in [9.17, 15) is 14.4 Å². The predicted molar refractivity (Wildman–Crippen MR) is 94.5 cm³/mol. The second kappa shape index (κ2) is 9.78. The first-order valence-electron chi connectivity index (χ1n) is 8.36. The summed E-state index contributed by atoms with van der Waals surface area (Å²) in [6.07, 6.45) is -0.480. The lowest BCUT2D eigenvalue weighted by Gasteiger charge is -2.29. The van der Waals surface area contributed by atoms with E-state index in [0.717, 1.165) is 5.56 Å². The van der Waals surface area contributed by atoms with E-state index in [-0.39, 0.29) is 11.8 Å². The van der Waals surface area contributed by atoms with Gasteiger partial charge in [-0.1, -0.05) is 44.2 Å². The van der Waals surface area contributed by atoms with Gasteiger partial charge < -0.3 is 21.1 Å².